The number of benzene rings is 2. The van der Waals surface area contributed by atoms with Crippen molar-refractivity contribution >= 4 is 33.9 Å². The van der Waals surface area contributed by atoms with Gasteiger partial charge in [-0.3, -0.25) is 9.59 Å². The van der Waals surface area contributed by atoms with Gasteiger partial charge in [0.25, 0.3) is 0 Å². The molecule has 1 unspecified atom stereocenters. The van der Waals surface area contributed by atoms with Gasteiger partial charge in [0.05, 0.1) is 17.9 Å². The van der Waals surface area contributed by atoms with Gasteiger partial charge >= 0.3 is 11.9 Å². The maximum absolute atomic E-state index is 12.7. The summed E-state index contributed by atoms with van der Waals surface area (Å²) < 4.78 is 15.7. The van der Waals surface area contributed by atoms with Crippen LogP contribution in [0.1, 0.15) is 18.9 Å². The van der Waals surface area contributed by atoms with Gasteiger partial charge in [0.15, 0.2) is 0 Å². The fourth-order valence-corrected chi connectivity index (χ4v) is 2.84. The molecule has 1 atom stereocenters. The van der Waals surface area contributed by atoms with Crippen molar-refractivity contribution < 1.29 is 28.6 Å². The van der Waals surface area contributed by atoms with E-state index in [0.29, 0.717) is 11.0 Å². The van der Waals surface area contributed by atoms with Crippen LogP contribution in [-0.4, -0.2) is 30.3 Å². The molecule has 3 rings (SSSR count). The summed E-state index contributed by atoms with van der Waals surface area (Å²) in [6.45, 7) is 1.59. The van der Waals surface area contributed by atoms with E-state index in [9.17, 15) is 19.5 Å². The predicted molar refractivity (Wildman–Crippen MR) is 97.5 cm³/mol. The molecular formula is C20H18O7. The lowest BCUT2D eigenvalue weighted by Crippen LogP contribution is -2.30. The van der Waals surface area contributed by atoms with Crippen molar-refractivity contribution in [3.8, 4) is 5.75 Å². The predicted octanol–water partition coefficient (Wildman–Crippen LogP) is 2.69. The molecule has 0 fully saturated rings. The Morgan fingerprint density at radius 3 is 2.59 bits per heavy atom. The Labute approximate surface area is 154 Å². The van der Waals surface area contributed by atoms with Crippen LogP contribution in [0.3, 0.4) is 0 Å². The van der Waals surface area contributed by atoms with Crippen LogP contribution in [0.4, 0.5) is 0 Å². The highest BCUT2D eigenvalue weighted by Gasteiger charge is 2.27. The lowest BCUT2D eigenvalue weighted by Gasteiger charge is -2.17. The number of para-hydroxylation sites is 1. The third kappa shape index (κ3) is 3.48. The van der Waals surface area contributed by atoms with Crippen LogP contribution in [0.25, 0.3) is 21.9 Å². The molecule has 27 heavy (non-hydrogen) atoms. The van der Waals surface area contributed by atoms with Gasteiger partial charge in [0.1, 0.15) is 16.9 Å². The second kappa shape index (κ2) is 7.49. The van der Waals surface area contributed by atoms with E-state index in [1.54, 1.807) is 31.2 Å². The summed E-state index contributed by atoms with van der Waals surface area (Å²) in [5, 5.41) is 11.0. The van der Waals surface area contributed by atoms with E-state index in [2.05, 4.69) is 4.74 Å². The monoisotopic (exact) mass is 370 g/mol. The number of methoxy groups -OCH3 is 1. The molecule has 7 heteroatoms. The molecule has 0 spiro atoms. The number of hydrogen-bond acceptors (Lipinski definition) is 7. The van der Waals surface area contributed by atoms with Crippen LogP contribution >= 0.6 is 0 Å². The number of rotatable bonds is 5. The molecular weight excluding hydrogens is 352 g/mol. The molecule has 0 saturated heterocycles. The zero-order valence-electron chi connectivity index (χ0n) is 14.9. The smallest absolute Gasteiger partial charge is 0.347 e. The standard InChI is InChI=1S/C20H18O7/c1-3-17(22)26-16(20(24)25-2)10-13-14(21)9-8-12-18(23)11-6-4-5-7-15(11)27-19(12)13/h4-9,16,21H,3,10H2,1-2H3. The Morgan fingerprint density at radius 1 is 1.15 bits per heavy atom. The number of carbonyl (C=O) groups excluding carboxylic acids is 2. The molecule has 2 aromatic carbocycles. The molecule has 7 nitrogen and oxygen atoms in total. The number of fused-ring (bicyclic) bond motifs is 2. The van der Waals surface area contributed by atoms with Crippen LogP contribution < -0.4 is 5.43 Å². The fourth-order valence-electron chi connectivity index (χ4n) is 2.84. The van der Waals surface area contributed by atoms with Gasteiger partial charge in [0, 0.05) is 18.4 Å². The number of aromatic hydroxyl groups is 1. The molecule has 3 aromatic rings. The van der Waals surface area contributed by atoms with Gasteiger partial charge < -0.3 is 19.0 Å². The van der Waals surface area contributed by atoms with Crippen LogP contribution in [0, 0.1) is 0 Å². The lowest BCUT2D eigenvalue weighted by atomic mass is 10.0. The number of phenols is 1. The average Bonchev–Trinajstić information content (AvgIpc) is 2.68. The zero-order chi connectivity index (χ0) is 19.6. The van der Waals surface area contributed by atoms with Crippen molar-refractivity contribution in [3.63, 3.8) is 0 Å². The van der Waals surface area contributed by atoms with Crippen LogP contribution in [0.15, 0.2) is 45.6 Å². The molecule has 0 aliphatic heterocycles. The van der Waals surface area contributed by atoms with E-state index in [1.165, 1.54) is 19.2 Å². The van der Waals surface area contributed by atoms with E-state index >= 15 is 0 Å². The molecule has 0 aliphatic carbocycles. The van der Waals surface area contributed by atoms with E-state index < -0.39 is 18.0 Å². The van der Waals surface area contributed by atoms with Crippen molar-refractivity contribution in [2.45, 2.75) is 25.9 Å². The summed E-state index contributed by atoms with van der Waals surface area (Å²) in [4.78, 5) is 36.4. The van der Waals surface area contributed by atoms with Gasteiger partial charge in [-0.1, -0.05) is 19.1 Å². The number of carbonyl (C=O) groups is 2. The first-order valence-corrected chi connectivity index (χ1v) is 8.40. The fraction of sp³-hybridized carbons (Fsp3) is 0.250. The summed E-state index contributed by atoms with van der Waals surface area (Å²) in [6.07, 6.45) is -1.38. The lowest BCUT2D eigenvalue weighted by molar-refractivity contribution is -0.165. The molecule has 1 N–H and O–H groups in total. The van der Waals surface area contributed by atoms with Crippen LogP contribution in [-0.2, 0) is 25.5 Å². The Kier molecular flexibility index (Phi) is 5.12. The van der Waals surface area contributed by atoms with Crippen molar-refractivity contribution in [1.82, 2.24) is 0 Å². The van der Waals surface area contributed by atoms with E-state index in [0.717, 1.165) is 0 Å². The normalized spacial score (nSPS) is 12.1. The Balaban J connectivity index is 2.17. The number of phenolic OH excluding ortho intramolecular Hbond substituents is 1. The third-order valence-electron chi connectivity index (χ3n) is 4.24. The molecule has 1 aromatic heterocycles. The largest absolute Gasteiger partial charge is 0.508 e. The van der Waals surface area contributed by atoms with E-state index in [1.807, 2.05) is 0 Å². The number of ether oxygens (including phenoxy) is 2. The Morgan fingerprint density at radius 2 is 1.89 bits per heavy atom. The highest BCUT2D eigenvalue weighted by atomic mass is 16.6. The van der Waals surface area contributed by atoms with Crippen molar-refractivity contribution in [1.29, 1.82) is 0 Å². The average molecular weight is 370 g/mol. The Bertz CT molecular complexity index is 1080. The van der Waals surface area contributed by atoms with Gasteiger partial charge in [-0.05, 0) is 24.3 Å². The molecule has 0 saturated carbocycles. The second-order valence-electron chi connectivity index (χ2n) is 5.93. The minimum Gasteiger partial charge on any atom is -0.508 e. The summed E-state index contributed by atoms with van der Waals surface area (Å²) in [5.41, 5.74) is 0.421. The molecule has 140 valence electrons. The maximum Gasteiger partial charge on any atom is 0.347 e. The molecule has 0 radical (unpaired) electrons. The zero-order valence-corrected chi connectivity index (χ0v) is 14.9. The molecule has 0 aliphatic rings. The summed E-state index contributed by atoms with van der Waals surface area (Å²) in [5.74, 6) is -1.53. The highest BCUT2D eigenvalue weighted by molar-refractivity contribution is 5.92. The highest BCUT2D eigenvalue weighted by Crippen LogP contribution is 2.30. The third-order valence-corrected chi connectivity index (χ3v) is 4.24. The minimum atomic E-state index is -1.27. The van der Waals surface area contributed by atoms with Crippen molar-refractivity contribution in [2.75, 3.05) is 7.11 Å². The first-order valence-electron chi connectivity index (χ1n) is 8.40. The maximum atomic E-state index is 12.7. The minimum absolute atomic E-state index is 0.0781. The van der Waals surface area contributed by atoms with Gasteiger partial charge in [0.2, 0.25) is 11.5 Å². The first-order chi connectivity index (χ1) is 13.0. The van der Waals surface area contributed by atoms with Gasteiger partial charge in [-0.2, -0.15) is 0 Å². The van der Waals surface area contributed by atoms with Crippen LogP contribution in [0.5, 0.6) is 5.75 Å². The van der Waals surface area contributed by atoms with Gasteiger partial charge in [-0.15, -0.1) is 0 Å². The Hall–Kier alpha value is -3.35. The molecule has 0 amide bonds. The molecule has 0 bridgehead atoms. The van der Waals surface area contributed by atoms with Gasteiger partial charge in [-0.25, -0.2) is 4.79 Å². The topological polar surface area (TPSA) is 103 Å². The summed E-state index contributed by atoms with van der Waals surface area (Å²) in [6, 6.07) is 9.53. The second-order valence-corrected chi connectivity index (χ2v) is 5.93. The SMILES string of the molecule is CCC(=O)OC(Cc1c(O)ccc2c(=O)c3ccccc3oc12)C(=O)OC. The number of esters is 2. The van der Waals surface area contributed by atoms with Crippen LogP contribution in [0.2, 0.25) is 0 Å². The van der Waals surface area contributed by atoms with Crippen molar-refractivity contribution in [2.24, 2.45) is 0 Å². The first kappa shape index (κ1) is 18.4. The van der Waals surface area contributed by atoms with E-state index in [-0.39, 0.29) is 40.6 Å². The van der Waals surface area contributed by atoms with E-state index in [4.69, 9.17) is 9.15 Å². The van der Waals surface area contributed by atoms with Crippen molar-refractivity contribution in [3.05, 3.63) is 52.2 Å². The quantitative estimate of drug-likeness (QED) is 0.544. The molecule has 1 heterocycles. The summed E-state index contributed by atoms with van der Waals surface area (Å²) >= 11 is 0. The number of hydrogen-bond donors (Lipinski definition) is 1. The summed E-state index contributed by atoms with van der Waals surface area (Å²) in [7, 11) is 1.17.